The third-order valence-electron chi connectivity index (χ3n) is 6.49. The summed E-state index contributed by atoms with van der Waals surface area (Å²) in [6.45, 7) is 0.635. The van der Waals surface area contributed by atoms with Gasteiger partial charge in [-0.25, -0.2) is 9.59 Å². The monoisotopic (exact) mass is 498 g/mol. The number of carboxylic acids is 1. The minimum Gasteiger partial charge on any atom is -0.480 e. The summed E-state index contributed by atoms with van der Waals surface area (Å²) in [5.74, 6) is -1.19. The van der Waals surface area contributed by atoms with Crippen molar-refractivity contribution in [3.63, 3.8) is 0 Å². The molecule has 0 aromatic heterocycles. The van der Waals surface area contributed by atoms with Crippen LogP contribution in [0.1, 0.15) is 29.9 Å². The number of ether oxygens (including phenoxy) is 2. The largest absolute Gasteiger partial charge is 0.480 e. The van der Waals surface area contributed by atoms with Gasteiger partial charge in [-0.3, -0.25) is 4.79 Å². The molecule has 2 amide bonds. The highest BCUT2D eigenvalue weighted by Gasteiger charge is 2.33. The minimum atomic E-state index is -1.04. The van der Waals surface area contributed by atoms with E-state index in [9.17, 15) is 19.5 Å². The van der Waals surface area contributed by atoms with Crippen LogP contribution in [0.5, 0.6) is 0 Å². The SMILES string of the molecule is CSCC[C@@H](NC(=O)C1COC(CNC(=O)OCC2c3ccccc3-c3ccccc32)C1)C(=O)O. The van der Waals surface area contributed by atoms with Crippen molar-refractivity contribution >= 4 is 29.7 Å². The Balaban J connectivity index is 1.23. The molecule has 186 valence electrons. The van der Waals surface area contributed by atoms with Gasteiger partial charge in [0.25, 0.3) is 0 Å². The first-order valence-electron chi connectivity index (χ1n) is 11.7. The van der Waals surface area contributed by atoms with Gasteiger partial charge in [-0.2, -0.15) is 11.8 Å². The summed E-state index contributed by atoms with van der Waals surface area (Å²) in [5, 5.41) is 14.6. The molecule has 9 heteroatoms. The van der Waals surface area contributed by atoms with E-state index in [0.29, 0.717) is 18.6 Å². The summed E-state index contributed by atoms with van der Waals surface area (Å²) in [5.41, 5.74) is 4.62. The zero-order valence-electron chi connectivity index (χ0n) is 19.6. The van der Waals surface area contributed by atoms with E-state index >= 15 is 0 Å². The van der Waals surface area contributed by atoms with Crippen LogP contribution in [0.4, 0.5) is 4.79 Å². The molecule has 2 aliphatic rings. The molecule has 0 bridgehead atoms. The van der Waals surface area contributed by atoms with E-state index in [0.717, 1.165) is 11.1 Å². The third-order valence-corrected chi connectivity index (χ3v) is 7.14. The van der Waals surface area contributed by atoms with E-state index < -0.39 is 24.0 Å². The highest BCUT2D eigenvalue weighted by molar-refractivity contribution is 7.98. The van der Waals surface area contributed by atoms with Crippen molar-refractivity contribution in [2.45, 2.75) is 30.9 Å². The first-order valence-corrected chi connectivity index (χ1v) is 13.1. The van der Waals surface area contributed by atoms with E-state index in [1.807, 2.05) is 30.5 Å². The molecule has 1 saturated heterocycles. The number of carbonyl (C=O) groups excluding carboxylic acids is 2. The second-order valence-electron chi connectivity index (χ2n) is 8.78. The lowest BCUT2D eigenvalue weighted by Gasteiger charge is -2.17. The average molecular weight is 499 g/mol. The van der Waals surface area contributed by atoms with Gasteiger partial charge < -0.3 is 25.2 Å². The number of carbonyl (C=O) groups is 3. The van der Waals surface area contributed by atoms with E-state index in [2.05, 4.69) is 34.9 Å². The molecule has 0 spiro atoms. The molecule has 1 aliphatic carbocycles. The van der Waals surface area contributed by atoms with E-state index in [1.54, 1.807) is 0 Å². The predicted molar refractivity (Wildman–Crippen MR) is 133 cm³/mol. The number of rotatable bonds is 10. The normalized spacial score (nSPS) is 19.5. The third kappa shape index (κ3) is 5.97. The van der Waals surface area contributed by atoms with E-state index in [-0.39, 0.29) is 37.7 Å². The Morgan fingerprint density at radius 1 is 1.11 bits per heavy atom. The van der Waals surface area contributed by atoms with Crippen molar-refractivity contribution in [2.75, 3.05) is 31.8 Å². The number of hydrogen-bond acceptors (Lipinski definition) is 6. The quantitative estimate of drug-likeness (QED) is 0.461. The smallest absolute Gasteiger partial charge is 0.407 e. The van der Waals surface area contributed by atoms with Crippen LogP contribution in [0, 0.1) is 5.92 Å². The van der Waals surface area contributed by atoms with Gasteiger partial charge in [-0.05, 0) is 47.1 Å². The van der Waals surface area contributed by atoms with Gasteiger partial charge in [0.05, 0.1) is 18.6 Å². The Hall–Kier alpha value is -3.04. The van der Waals surface area contributed by atoms with Crippen LogP contribution in [0.15, 0.2) is 48.5 Å². The number of nitrogens with one attached hydrogen (secondary N) is 2. The number of amides is 2. The van der Waals surface area contributed by atoms with Crippen LogP contribution < -0.4 is 10.6 Å². The Morgan fingerprint density at radius 2 is 1.77 bits per heavy atom. The van der Waals surface area contributed by atoms with Crippen molar-refractivity contribution in [2.24, 2.45) is 5.92 Å². The van der Waals surface area contributed by atoms with Gasteiger partial charge in [0.15, 0.2) is 0 Å². The molecular formula is C26H30N2O6S. The Kier molecular flexibility index (Phi) is 8.30. The number of benzene rings is 2. The highest BCUT2D eigenvalue weighted by Crippen LogP contribution is 2.44. The average Bonchev–Trinajstić information content (AvgIpc) is 3.47. The molecule has 35 heavy (non-hydrogen) atoms. The molecule has 0 saturated carbocycles. The second kappa shape index (κ2) is 11.6. The number of alkyl carbamates (subject to hydrolysis) is 1. The zero-order valence-corrected chi connectivity index (χ0v) is 20.4. The van der Waals surface area contributed by atoms with E-state index in [4.69, 9.17) is 9.47 Å². The van der Waals surface area contributed by atoms with Gasteiger partial charge in [0, 0.05) is 12.5 Å². The summed E-state index contributed by atoms with van der Waals surface area (Å²) in [4.78, 5) is 36.2. The first-order chi connectivity index (χ1) is 17.0. The molecule has 1 aliphatic heterocycles. The van der Waals surface area contributed by atoms with Crippen molar-refractivity contribution in [3.05, 3.63) is 59.7 Å². The van der Waals surface area contributed by atoms with Crippen LogP contribution in [0.2, 0.25) is 0 Å². The summed E-state index contributed by atoms with van der Waals surface area (Å²) >= 11 is 1.53. The molecule has 3 atom stereocenters. The van der Waals surface area contributed by atoms with Crippen molar-refractivity contribution in [3.8, 4) is 11.1 Å². The Bertz CT molecular complexity index is 1030. The fraction of sp³-hybridized carbons (Fsp3) is 0.423. The minimum absolute atomic E-state index is 0.0164. The summed E-state index contributed by atoms with van der Waals surface area (Å²) in [6, 6.07) is 15.4. The number of thioether (sulfide) groups is 1. The van der Waals surface area contributed by atoms with Gasteiger partial charge in [0.2, 0.25) is 5.91 Å². The molecule has 2 aromatic carbocycles. The molecule has 2 aromatic rings. The molecule has 1 heterocycles. The number of hydrogen-bond donors (Lipinski definition) is 3. The lowest BCUT2D eigenvalue weighted by molar-refractivity contribution is -0.142. The molecule has 3 N–H and O–H groups in total. The van der Waals surface area contributed by atoms with Crippen LogP contribution in [-0.2, 0) is 19.1 Å². The number of carboxylic acid groups (broad SMARTS) is 1. The van der Waals surface area contributed by atoms with Gasteiger partial charge in [-0.15, -0.1) is 0 Å². The topological polar surface area (TPSA) is 114 Å². The van der Waals surface area contributed by atoms with Crippen LogP contribution >= 0.6 is 11.8 Å². The van der Waals surface area contributed by atoms with Crippen LogP contribution in [0.25, 0.3) is 11.1 Å². The number of aliphatic carboxylic acids is 1. The maximum atomic E-state index is 12.5. The van der Waals surface area contributed by atoms with Crippen molar-refractivity contribution in [1.82, 2.24) is 10.6 Å². The predicted octanol–water partition coefficient (Wildman–Crippen LogP) is 3.25. The standard InChI is InChI=1S/C26H30N2O6S/c1-35-11-10-23(25(30)31)28-24(29)16-12-17(33-14-16)13-27-26(32)34-15-22-20-8-4-2-6-18(20)19-7-3-5-9-21(19)22/h2-9,16-17,22-23H,10-15H2,1H3,(H,27,32)(H,28,29)(H,30,31)/t16?,17?,23-/m1/s1. The van der Waals surface area contributed by atoms with E-state index in [1.165, 1.54) is 22.9 Å². The van der Waals surface area contributed by atoms with Gasteiger partial charge >= 0.3 is 12.1 Å². The Labute approximate surface area is 208 Å². The molecular weight excluding hydrogens is 468 g/mol. The fourth-order valence-electron chi connectivity index (χ4n) is 4.66. The Morgan fingerprint density at radius 3 is 2.40 bits per heavy atom. The maximum absolute atomic E-state index is 12.5. The molecule has 4 rings (SSSR count). The van der Waals surface area contributed by atoms with Crippen molar-refractivity contribution in [1.29, 1.82) is 0 Å². The van der Waals surface area contributed by atoms with Crippen molar-refractivity contribution < 1.29 is 29.0 Å². The molecule has 8 nitrogen and oxygen atoms in total. The molecule has 2 unspecified atom stereocenters. The summed E-state index contributed by atoms with van der Waals surface area (Å²) in [6.07, 6.45) is 1.79. The van der Waals surface area contributed by atoms with Gasteiger partial charge in [-0.1, -0.05) is 48.5 Å². The molecule has 1 fully saturated rings. The number of fused-ring (bicyclic) bond motifs is 3. The van der Waals surface area contributed by atoms with Crippen LogP contribution in [0.3, 0.4) is 0 Å². The summed E-state index contributed by atoms with van der Waals surface area (Å²) in [7, 11) is 0. The lowest BCUT2D eigenvalue weighted by atomic mass is 9.98. The second-order valence-corrected chi connectivity index (χ2v) is 9.76. The lowest BCUT2D eigenvalue weighted by Crippen LogP contribution is -2.44. The van der Waals surface area contributed by atoms with Crippen LogP contribution in [-0.4, -0.2) is 67.0 Å². The summed E-state index contributed by atoms with van der Waals surface area (Å²) < 4.78 is 11.2. The molecule has 0 radical (unpaired) electrons. The highest BCUT2D eigenvalue weighted by atomic mass is 32.2. The zero-order chi connectivity index (χ0) is 24.8. The fourth-order valence-corrected chi connectivity index (χ4v) is 5.13. The maximum Gasteiger partial charge on any atom is 0.407 e. The van der Waals surface area contributed by atoms with Gasteiger partial charge in [0.1, 0.15) is 12.6 Å². The first kappa shape index (κ1) is 25.1.